The molecule has 7 nitrogen and oxygen atoms in total. The van der Waals surface area contributed by atoms with Crippen LogP contribution in [0.2, 0.25) is 0 Å². The number of halogens is 1. The van der Waals surface area contributed by atoms with Crippen molar-refractivity contribution >= 4 is 27.7 Å². The number of rotatable bonds is 6. The third kappa shape index (κ3) is 4.79. The molecule has 2 aromatic carbocycles. The minimum atomic E-state index is -0.489. The Balaban J connectivity index is 1.50. The summed E-state index contributed by atoms with van der Waals surface area (Å²) in [5.41, 5.74) is 2.37. The van der Waals surface area contributed by atoms with E-state index in [0.717, 1.165) is 11.1 Å². The van der Waals surface area contributed by atoms with Crippen molar-refractivity contribution in [3.8, 4) is 11.4 Å². The Morgan fingerprint density at radius 3 is 2.52 bits per heavy atom. The van der Waals surface area contributed by atoms with E-state index in [1.165, 1.54) is 0 Å². The lowest BCUT2D eigenvalue weighted by Crippen LogP contribution is -2.34. The van der Waals surface area contributed by atoms with Crippen LogP contribution in [0, 0.1) is 6.92 Å². The number of aryl methyl sites for hydroxylation is 1. The highest BCUT2D eigenvalue weighted by Gasteiger charge is 2.16. The fourth-order valence-electron chi connectivity index (χ4n) is 2.39. The molecule has 27 heavy (non-hydrogen) atoms. The zero-order chi connectivity index (χ0) is 19.2. The van der Waals surface area contributed by atoms with Crippen LogP contribution in [-0.4, -0.2) is 35.0 Å². The highest BCUT2D eigenvalue weighted by molar-refractivity contribution is 9.10. The summed E-state index contributed by atoms with van der Waals surface area (Å²) in [6.45, 7) is 2.46. The Kier molecular flexibility index (Phi) is 5.97. The summed E-state index contributed by atoms with van der Waals surface area (Å²) in [5, 5.41) is 9.20. The summed E-state index contributed by atoms with van der Waals surface area (Å²) in [6, 6.07) is 14.7. The molecule has 0 spiro atoms. The molecule has 0 aliphatic carbocycles. The number of benzene rings is 2. The molecule has 3 aromatic rings. The third-order valence-electron chi connectivity index (χ3n) is 3.71. The van der Waals surface area contributed by atoms with Crippen molar-refractivity contribution < 1.29 is 14.1 Å². The minimum absolute atomic E-state index is 0.122. The molecule has 0 atom stereocenters. The van der Waals surface area contributed by atoms with E-state index in [1.807, 2.05) is 37.3 Å². The van der Waals surface area contributed by atoms with Gasteiger partial charge >= 0.3 is 11.8 Å². The van der Waals surface area contributed by atoms with Gasteiger partial charge in [0, 0.05) is 23.1 Å². The SMILES string of the molecule is Cc1cccc(-c2noc(C(=O)NCCNC(=O)c3ccccc3Br)n2)c1. The smallest absolute Gasteiger partial charge is 0.316 e. The number of amides is 2. The van der Waals surface area contributed by atoms with Gasteiger partial charge in [-0.05, 0) is 41.1 Å². The van der Waals surface area contributed by atoms with Gasteiger partial charge in [0.1, 0.15) is 0 Å². The second kappa shape index (κ2) is 8.59. The Morgan fingerprint density at radius 1 is 1.04 bits per heavy atom. The molecule has 8 heteroatoms. The number of nitrogens with one attached hydrogen (secondary N) is 2. The average Bonchev–Trinajstić information content (AvgIpc) is 3.15. The number of aromatic nitrogens is 2. The van der Waals surface area contributed by atoms with Crippen LogP contribution in [0.25, 0.3) is 11.4 Å². The van der Waals surface area contributed by atoms with Crippen LogP contribution < -0.4 is 10.6 Å². The first-order valence-corrected chi connectivity index (χ1v) is 9.05. The molecule has 138 valence electrons. The average molecular weight is 429 g/mol. The molecular weight excluding hydrogens is 412 g/mol. The van der Waals surface area contributed by atoms with E-state index in [1.54, 1.807) is 18.2 Å². The maximum absolute atomic E-state index is 12.1. The summed E-state index contributed by atoms with van der Waals surface area (Å²) in [6.07, 6.45) is 0. The van der Waals surface area contributed by atoms with Gasteiger partial charge in [0.2, 0.25) is 5.82 Å². The van der Waals surface area contributed by atoms with E-state index in [2.05, 4.69) is 36.7 Å². The second-order valence-corrected chi connectivity index (χ2v) is 6.64. The molecule has 2 amide bonds. The quantitative estimate of drug-likeness (QED) is 0.588. The van der Waals surface area contributed by atoms with E-state index in [0.29, 0.717) is 15.9 Å². The molecule has 0 radical (unpaired) electrons. The molecule has 2 N–H and O–H groups in total. The van der Waals surface area contributed by atoms with Crippen LogP contribution in [0.3, 0.4) is 0 Å². The standard InChI is InChI=1S/C19H17BrN4O3/c1-12-5-4-6-13(11-12)16-23-19(27-24-16)18(26)22-10-9-21-17(25)14-7-2-3-8-15(14)20/h2-8,11H,9-10H2,1H3,(H,21,25)(H,22,26). The van der Waals surface area contributed by atoms with Crippen LogP contribution in [0.1, 0.15) is 26.6 Å². The molecular formula is C19H17BrN4O3. The molecule has 3 rings (SSSR count). The lowest BCUT2D eigenvalue weighted by molar-refractivity contribution is 0.0898. The summed E-state index contributed by atoms with van der Waals surface area (Å²) in [7, 11) is 0. The van der Waals surface area contributed by atoms with Crippen LogP contribution in [0.4, 0.5) is 0 Å². The Labute approximate surface area is 164 Å². The van der Waals surface area contributed by atoms with E-state index >= 15 is 0 Å². The van der Waals surface area contributed by atoms with Gasteiger partial charge in [-0.2, -0.15) is 4.98 Å². The second-order valence-electron chi connectivity index (χ2n) is 5.78. The highest BCUT2D eigenvalue weighted by Crippen LogP contribution is 2.17. The van der Waals surface area contributed by atoms with Gasteiger partial charge < -0.3 is 15.2 Å². The molecule has 0 bridgehead atoms. The first-order valence-electron chi connectivity index (χ1n) is 8.26. The van der Waals surface area contributed by atoms with Gasteiger partial charge in [-0.3, -0.25) is 9.59 Å². The van der Waals surface area contributed by atoms with Crippen LogP contribution in [-0.2, 0) is 0 Å². The van der Waals surface area contributed by atoms with E-state index in [9.17, 15) is 9.59 Å². The zero-order valence-corrected chi connectivity index (χ0v) is 16.1. The normalized spacial score (nSPS) is 10.4. The van der Waals surface area contributed by atoms with Gasteiger partial charge in [0.05, 0.1) is 5.56 Å². The van der Waals surface area contributed by atoms with E-state index in [4.69, 9.17) is 4.52 Å². The van der Waals surface area contributed by atoms with Gasteiger partial charge in [0.25, 0.3) is 5.91 Å². The minimum Gasteiger partial charge on any atom is -0.350 e. The number of carbonyl (C=O) groups excluding carboxylic acids is 2. The zero-order valence-electron chi connectivity index (χ0n) is 14.5. The van der Waals surface area contributed by atoms with Gasteiger partial charge in [0.15, 0.2) is 0 Å². The fraction of sp³-hybridized carbons (Fsp3) is 0.158. The first kappa shape index (κ1) is 18.8. The highest BCUT2D eigenvalue weighted by atomic mass is 79.9. The molecule has 0 saturated heterocycles. The number of carbonyl (C=O) groups is 2. The maximum atomic E-state index is 12.1. The summed E-state index contributed by atoms with van der Waals surface area (Å²) in [5.74, 6) is -0.484. The predicted octanol–water partition coefficient (Wildman–Crippen LogP) is 2.97. The third-order valence-corrected chi connectivity index (χ3v) is 4.40. The molecule has 0 unspecified atom stereocenters. The number of hydrogen-bond donors (Lipinski definition) is 2. The van der Waals surface area contributed by atoms with Crippen molar-refractivity contribution in [2.75, 3.05) is 13.1 Å². The number of nitrogens with zero attached hydrogens (tertiary/aromatic N) is 2. The molecule has 0 aliphatic rings. The summed E-state index contributed by atoms with van der Waals surface area (Å²) >= 11 is 3.33. The van der Waals surface area contributed by atoms with Crippen LogP contribution in [0.15, 0.2) is 57.5 Å². The molecule has 0 saturated carbocycles. The Hall–Kier alpha value is -3.00. The summed E-state index contributed by atoms with van der Waals surface area (Å²) in [4.78, 5) is 28.3. The van der Waals surface area contributed by atoms with Crippen LogP contribution >= 0.6 is 15.9 Å². The Morgan fingerprint density at radius 2 is 1.78 bits per heavy atom. The predicted molar refractivity (Wildman–Crippen MR) is 103 cm³/mol. The van der Waals surface area contributed by atoms with Crippen LogP contribution in [0.5, 0.6) is 0 Å². The lowest BCUT2D eigenvalue weighted by Gasteiger charge is -2.07. The molecule has 1 aromatic heterocycles. The Bertz CT molecular complexity index is 971. The van der Waals surface area contributed by atoms with E-state index in [-0.39, 0.29) is 24.9 Å². The van der Waals surface area contributed by atoms with Gasteiger partial charge in [-0.1, -0.05) is 41.1 Å². The van der Waals surface area contributed by atoms with Crippen molar-refractivity contribution in [3.63, 3.8) is 0 Å². The molecule has 0 aliphatic heterocycles. The van der Waals surface area contributed by atoms with E-state index < -0.39 is 5.91 Å². The maximum Gasteiger partial charge on any atom is 0.316 e. The monoisotopic (exact) mass is 428 g/mol. The lowest BCUT2D eigenvalue weighted by atomic mass is 10.1. The molecule has 0 fully saturated rings. The van der Waals surface area contributed by atoms with Crippen molar-refractivity contribution in [2.45, 2.75) is 6.92 Å². The molecule has 1 heterocycles. The number of hydrogen-bond acceptors (Lipinski definition) is 5. The largest absolute Gasteiger partial charge is 0.350 e. The van der Waals surface area contributed by atoms with Crippen molar-refractivity contribution in [3.05, 3.63) is 70.0 Å². The fourth-order valence-corrected chi connectivity index (χ4v) is 2.85. The van der Waals surface area contributed by atoms with Crippen molar-refractivity contribution in [2.24, 2.45) is 0 Å². The van der Waals surface area contributed by atoms with Crippen molar-refractivity contribution in [1.82, 2.24) is 20.8 Å². The van der Waals surface area contributed by atoms with Crippen molar-refractivity contribution in [1.29, 1.82) is 0 Å². The van der Waals surface area contributed by atoms with Gasteiger partial charge in [-0.15, -0.1) is 0 Å². The first-order chi connectivity index (χ1) is 13.0. The van der Waals surface area contributed by atoms with Gasteiger partial charge in [-0.25, -0.2) is 0 Å². The summed E-state index contributed by atoms with van der Waals surface area (Å²) < 4.78 is 5.73. The topological polar surface area (TPSA) is 97.1 Å².